The Kier molecular flexibility index (Phi) is 15.2. The lowest BCUT2D eigenvalue weighted by Crippen LogP contribution is -2.69. The van der Waals surface area contributed by atoms with Gasteiger partial charge in [0.05, 0.1) is 23.2 Å². The molecule has 1 fully saturated rings. The number of oxime groups is 1. The van der Waals surface area contributed by atoms with E-state index in [1.165, 1.54) is 12.1 Å². The van der Waals surface area contributed by atoms with E-state index in [-0.39, 0.29) is 62.9 Å². The van der Waals surface area contributed by atoms with Crippen molar-refractivity contribution in [3.05, 3.63) is 153 Å². The number of carbonyl (C=O) groups excluding carboxylic acids is 1. The first-order valence-electron chi connectivity index (χ1n) is 22.2. The number of carbonyl (C=O) groups is 1. The minimum atomic E-state index is -1.46. The van der Waals surface area contributed by atoms with Crippen LogP contribution in [0.3, 0.4) is 0 Å². The third-order valence-corrected chi connectivity index (χ3v) is 12.9. The second-order valence-corrected chi connectivity index (χ2v) is 17.0. The SMILES string of the molecule is C=CCO[C@@]12Oc3ccc(Oc4ccc(C)c(C)c4)cc3[C@H]3[C@H](CCCCO)[C@@H](CCCCO)C=C(C(=NOCc4ccc([N+](=O)[O-])cc4)C[C@@H]1N(C)C(=O)OCc1ccccc1)[C@H]32. The lowest BCUT2D eigenvalue weighted by molar-refractivity contribution is -0.384. The number of aryl methyl sites for hydroxylation is 2. The Balaban J connectivity index is 1.38. The monoisotopic (exact) mass is 873 g/mol. The van der Waals surface area contributed by atoms with Crippen LogP contribution in [0.2, 0.25) is 0 Å². The summed E-state index contributed by atoms with van der Waals surface area (Å²) in [6, 6.07) is 26.7. The molecule has 0 bridgehead atoms. The van der Waals surface area contributed by atoms with E-state index in [1.807, 2.05) is 60.7 Å². The van der Waals surface area contributed by atoms with Gasteiger partial charge in [0.1, 0.15) is 36.5 Å². The van der Waals surface area contributed by atoms with Crippen molar-refractivity contribution in [2.45, 2.75) is 89.8 Å². The second kappa shape index (κ2) is 21.1. The fraction of sp³-hybridized carbons (Fsp3) is 0.412. The maximum absolute atomic E-state index is 14.3. The van der Waals surface area contributed by atoms with Crippen molar-refractivity contribution in [2.75, 3.05) is 26.9 Å². The number of aliphatic hydroxyl groups is 2. The van der Waals surface area contributed by atoms with Gasteiger partial charge in [-0.2, -0.15) is 0 Å². The number of aliphatic hydroxyl groups excluding tert-OH is 2. The van der Waals surface area contributed by atoms with Crippen molar-refractivity contribution in [3.8, 4) is 17.2 Å². The molecule has 13 nitrogen and oxygen atoms in total. The third kappa shape index (κ3) is 10.2. The third-order valence-electron chi connectivity index (χ3n) is 12.9. The number of benzene rings is 4. The quantitative estimate of drug-likeness (QED) is 0.0378. The number of amides is 1. The molecule has 1 heterocycles. The zero-order valence-corrected chi connectivity index (χ0v) is 36.9. The number of rotatable bonds is 20. The number of nitrogens with zero attached hydrogens (tertiary/aromatic N) is 3. The van der Waals surface area contributed by atoms with Crippen molar-refractivity contribution in [3.63, 3.8) is 0 Å². The summed E-state index contributed by atoms with van der Waals surface area (Å²) >= 11 is 0. The van der Waals surface area contributed by atoms with E-state index in [9.17, 15) is 25.1 Å². The Labute approximate surface area is 375 Å². The van der Waals surface area contributed by atoms with Crippen LogP contribution in [-0.2, 0) is 27.5 Å². The Morgan fingerprint density at radius 3 is 2.33 bits per heavy atom. The molecule has 3 aliphatic rings. The molecule has 4 aromatic carbocycles. The molecule has 0 unspecified atom stereocenters. The highest BCUT2D eigenvalue weighted by molar-refractivity contribution is 6.03. The van der Waals surface area contributed by atoms with Crippen LogP contribution in [0, 0.1) is 41.7 Å². The van der Waals surface area contributed by atoms with Gasteiger partial charge in [-0.3, -0.25) is 10.1 Å². The number of nitro groups is 1. The molecular formula is C51H59N3O10. The molecule has 338 valence electrons. The molecule has 2 aliphatic carbocycles. The van der Waals surface area contributed by atoms with Crippen molar-refractivity contribution in [1.82, 2.24) is 4.90 Å². The van der Waals surface area contributed by atoms with Crippen LogP contribution in [0.15, 0.2) is 120 Å². The first kappa shape index (κ1) is 46.0. The van der Waals surface area contributed by atoms with E-state index in [2.05, 4.69) is 32.6 Å². The number of hydrogen-bond donors (Lipinski definition) is 2. The van der Waals surface area contributed by atoms with Gasteiger partial charge < -0.3 is 38.9 Å². The zero-order valence-electron chi connectivity index (χ0n) is 36.9. The second-order valence-electron chi connectivity index (χ2n) is 17.0. The van der Waals surface area contributed by atoms with Gasteiger partial charge in [0.25, 0.3) is 5.69 Å². The Bertz CT molecular complexity index is 2320. The summed E-state index contributed by atoms with van der Waals surface area (Å²) in [4.78, 5) is 32.8. The summed E-state index contributed by atoms with van der Waals surface area (Å²) < 4.78 is 26.8. The summed E-state index contributed by atoms with van der Waals surface area (Å²) in [5, 5.41) is 36.1. The standard InChI is InChI=1S/C51H59N3O10/c1-5-27-61-51-47(53(4)50(57)60-32-36-13-7-6-8-14-36)31-45(52-62-33-37-18-20-39(21-19-37)54(58)59)43-29-38(15-9-11-25-55)42(16-10-12-26-56)48(49(43)51)44-30-41(23-24-46(44)64-51)63-40-22-17-34(2)35(3)28-40/h5-8,13-14,17-24,28-30,38,42,47-49,55-56H,1,9-12,15-16,25-27,31-33H2,2-4H3/t38-,42+,47-,48+,49+,51+/m0/s1. The zero-order chi connectivity index (χ0) is 45.2. The van der Waals surface area contributed by atoms with Crippen LogP contribution < -0.4 is 9.47 Å². The molecule has 1 amide bonds. The summed E-state index contributed by atoms with van der Waals surface area (Å²) in [5.41, 5.74) is 6.19. The van der Waals surface area contributed by atoms with Crippen molar-refractivity contribution in [2.24, 2.45) is 22.9 Å². The fourth-order valence-corrected chi connectivity index (χ4v) is 9.55. The van der Waals surface area contributed by atoms with E-state index in [0.29, 0.717) is 41.4 Å². The molecule has 1 aliphatic heterocycles. The number of allylic oxidation sites excluding steroid dienone is 1. The molecule has 64 heavy (non-hydrogen) atoms. The number of fused-ring (bicyclic) bond motifs is 2. The molecule has 1 saturated carbocycles. The smallest absolute Gasteiger partial charge is 0.410 e. The molecular weight excluding hydrogens is 815 g/mol. The van der Waals surface area contributed by atoms with Gasteiger partial charge >= 0.3 is 6.09 Å². The fourth-order valence-electron chi connectivity index (χ4n) is 9.55. The Morgan fingerprint density at radius 2 is 1.62 bits per heavy atom. The predicted octanol–water partition coefficient (Wildman–Crippen LogP) is 10.1. The maximum Gasteiger partial charge on any atom is 0.410 e. The number of unbranched alkanes of at least 4 members (excludes halogenated alkanes) is 2. The predicted molar refractivity (Wildman–Crippen MR) is 243 cm³/mol. The number of hydrogen-bond acceptors (Lipinski definition) is 11. The average molecular weight is 874 g/mol. The van der Waals surface area contributed by atoms with E-state index in [4.69, 9.17) is 28.9 Å². The first-order chi connectivity index (χ1) is 31.1. The molecule has 7 rings (SSSR count). The number of nitro benzene ring substituents is 1. The van der Waals surface area contributed by atoms with Gasteiger partial charge in [-0.1, -0.05) is 66.5 Å². The number of non-ortho nitro benzene ring substituents is 1. The highest BCUT2D eigenvalue weighted by atomic mass is 16.7. The van der Waals surface area contributed by atoms with Gasteiger partial charge in [0.15, 0.2) is 0 Å². The van der Waals surface area contributed by atoms with Crippen molar-refractivity contribution >= 4 is 17.5 Å². The van der Waals surface area contributed by atoms with Crippen LogP contribution >= 0.6 is 0 Å². The molecule has 2 N–H and O–H groups in total. The highest BCUT2D eigenvalue weighted by Crippen LogP contribution is 2.62. The normalized spacial score (nSPS) is 22.6. The molecule has 0 saturated heterocycles. The van der Waals surface area contributed by atoms with Gasteiger partial charge in [-0.15, -0.1) is 6.58 Å². The summed E-state index contributed by atoms with van der Waals surface area (Å²) in [7, 11) is 1.69. The topological polar surface area (TPSA) is 162 Å². The van der Waals surface area contributed by atoms with Crippen LogP contribution in [0.4, 0.5) is 10.5 Å². The molecule has 0 radical (unpaired) electrons. The molecule has 6 atom stereocenters. The van der Waals surface area contributed by atoms with Crippen LogP contribution in [0.5, 0.6) is 17.2 Å². The maximum atomic E-state index is 14.3. The molecule has 0 spiro atoms. The summed E-state index contributed by atoms with van der Waals surface area (Å²) in [6.07, 6.45) is 7.95. The van der Waals surface area contributed by atoms with E-state index < -0.39 is 28.8 Å². The van der Waals surface area contributed by atoms with Crippen LogP contribution in [0.1, 0.15) is 78.7 Å². The van der Waals surface area contributed by atoms with Gasteiger partial charge in [0.2, 0.25) is 5.79 Å². The lowest BCUT2D eigenvalue weighted by Gasteiger charge is -2.59. The number of likely N-dealkylation sites (N-methyl/N-ethyl adjacent to an activating group) is 1. The molecule has 0 aromatic heterocycles. The summed E-state index contributed by atoms with van der Waals surface area (Å²) in [6.45, 7) is 8.48. The van der Waals surface area contributed by atoms with E-state index in [1.54, 1.807) is 30.2 Å². The van der Waals surface area contributed by atoms with Gasteiger partial charge in [-0.05, 0) is 122 Å². The summed E-state index contributed by atoms with van der Waals surface area (Å²) in [5.74, 6) is -0.256. The van der Waals surface area contributed by atoms with Crippen molar-refractivity contribution < 1.29 is 43.7 Å². The van der Waals surface area contributed by atoms with Gasteiger partial charge in [-0.25, -0.2) is 4.79 Å². The molecule has 13 heteroatoms. The van der Waals surface area contributed by atoms with Gasteiger partial charge in [0, 0.05) is 50.3 Å². The Hall–Kier alpha value is -6.02. The minimum Gasteiger partial charge on any atom is -0.459 e. The van der Waals surface area contributed by atoms with Crippen LogP contribution in [-0.4, -0.2) is 70.5 Å². The first-order valence-corrected chi connectivity index (χ1v) is 22.2. The lowest BCUT2D eigenvalue weighted by atomic mass is 9.55. The highest BCUT2D eigenvalue weighted by Gasteiger charge is 2.65. The Morgan fingerprint density at radius 1 is 0.922 bits per heavy atom. The van der Waals surface area contributed by atoms with Crippen LogP contribution in [0.25, 0.3) is 0 Å². The minimum absolute atomic E-state index is 0.0154. The van der Waals surface area contributed by atoms with E-state index in [0.717, 1.165) is 53.5 Å². The van der Waals surface area contributed by atoms with E-state index >= 15 is 0 Å². The molecule has 4 aromatic rings. The number of ether oxygens (including phenoxy) is 4. The largest absolute Gasteiger partial charge is 0.459 e. The average Bonchev–Trinajstić information content (AvgIpc) is 3.30. The van der Waals surface area contributed by atoms with Crippen molar-refractivity contribution in [1.29, 1.82) is 0 Å².